The van der Waals surface area contributed by atoms with Crippen LogP contribution < -0.4 is 15.9 Å². The maximum atomic E-state index is 5.41. The van der Waals surface area contributed by atoms with E-state index in [9.17, 15) is 0 Å². The Morgan fingerprint density at radius 2 is 1.05 bits per heavy atom. The lowest BCUT2D eigenvalue weighted by molar-refractivity contribution is 0.516. The van der Waals surface area contributed by atoms with Crippen LogP contribution in [-0.2, 0) is 10.8 Å². The Hall–Kier alpha value is -6.77. The Bertz CT molecular complexity index is 2850. The highest BCUT2D eigenvalue weighted by Crippen LogP contribution is 2.66. The Balaban J connectivity index is 1.20. The van der Waals surface area contributed by atoms with Crippen molar-refractivity contribution in [2.24, 2.45) is 10.9 Å². The van der Waals surface area contributed by atoms with Gasteiger partial charge in [-0.25, -0.2) is 0 Å². The minimum Gasteiger partial charge on any atom is -0.362 e. The van der Waals surface area contributed by atoms with Gasteiger partial charge in [0.2, 0.25) is 0 Å². The van der Waals surface area contributed by atoms with E-state index in [2.05, 4.69) is 218 Å². The molecule has 1 N–H and O–H groups in total. The van der Waals surface area contributed by atoms with Crippen molar-refractivity contribution in [1.82, 2.24) is 5.32 Å². The van der Waals surface area contributed by atoms with Gasteiger partial charge in [0.05, 0.1) is 21.9 Å². The Morgan fingerprint density at radius 1 is 0.473 bits per heavy atom. The highest BCUT2D eigenvalue weighted by Gasteiger charge is 2.57. The minimum atomic E-state index is -0.622. The zero-order valence-corrected chi connectivity index (χ0v) is 30.3. The van der Waals surface area contributed by atoms with Gasteiger partial charge in [-0.15, -0.1) is 0 Å². The van der Waals surface area contributed by atoms with Crippen molar-refractivity contribution in [3.63, 3.8) is 0 Å². The summed E-state index contributed by atoms with van der Waals surface area (Å²) < 4.78 is 0. The molecule has 1 aliphatic heterocycles. The molecule has 7 aromatic carbocycles. The van der Waals surface area contributed by atoms with E-state index >= 15 is 0 Å². The van der Waals surface area contributed by atoms with Crippen molar-refractivity contribution in [2.75, 3.05) is 0 Å². The molecule has 2 heteroatoms. The molecule has 0 saturated carbocycles. The Morgan fingerprint density at radius 3 is 1.82 bits per heavy atom. The first-order chi connectivity index (χ1) is 27.3. The van der Waals surface area contributed by atoms with E-state index in [0.29, 0.717) is 0 Å². The topological polar surface area (TPSA) is 24.4 Å². The lowest BCUT2D eigenvalue weighted by atomic mass is 9.51. The molecule has 260 valence electrons. The van der Waals surface area contributed by atoms with Crippen LogP contribution in [0.4, 0.5) is 0 Å². The molecule has 4 unspecified atom stereocenters. The molecule has 0 aromatic heterocycles. The van der Waals surface area contributed by atoms with Gasteiger partial charge < -0.3 is 5.32 Å². The average molecular weight is 703 g/mol. The standard InChI is InChI=1S/C53H38N2/c1-4-19-36(20-5-1)50-43-28-13-17-34-48(43)54-51(55-50)37-21-10-11-26-40(35-37)52(38-22-6-2-7-23-38)45-31-15-16-32-46(45)53(39-24-8-3-9-25-39)44-30-14-12-27-41(44)42-29-18-33-47(52)49(42)53/h1-35,37,51,55H. The van der Waals surface area contributed by atoms with Crippen LogP contribution in [0.25, 0.3) is 16.8 Å². The lowest BCUT2D eigenvalue weighted by Gasteiger charge is -2.50. The van der Waals surface area contributed by atoms with Gasteiger partial charge in [0.25, 0.3) is 0 Å². The summed E-state index contributed by atoms with van der Waals surface area (Å²) in [5.74, 6) is -0.0421. The summed E-state index contributed by atoms with van der Waals surface area (Å²) in [6.07, 6.45) is 11.4. The Kier molecular flexibility index (Phi) is 7.15. The maximum absolute atomic E-state index is 5.41. The highest BCUT2D eigenvalue weighted by atomic mass is 15.1. The Labute approximate surface area is 321 Å². The summed E-state index contributed by atoms with van der Waals surface area (Å²) in [5.41, 5.74) is 14.2. The number of hydrogen-bond donors (Lipinski definition) is 1. The molecule has 0 radical (unpaired) electrons. The molecule has 0 bridgehead atoms. The van der Waals surface area contributed by atoms with Gasteiger partial charge in [0.1, 0.15) is 6.17 Å². The third kappa shape index (κ3) is 4.46. The molecule has 1 heterocycles. The number of hydrogen-bond acceptors (Lipinski definition) is 2. The second-order valence-electron chi connectivity index (χ2n) is 15.0. The number of rotatable bonds is 5. The van der Waals surface area contributed by atoms with E-state index in [0.717, 1.165) is 21.8 Å². The fourth-order valence-corrected chi connectivity index (χ4v) is 10.2. The van der Waals surface area contributed by atoms with E-state index in [4.69, 9.17) is 4.99 Å². The number of fused-ring (bicyclic) bond motifs is 6. The fraction of sp³-hybridized carbons (Fsp3) is 0.0755. The van der Waals surface area contributed by atoms with Gasteiger partial charge in [-0.05, 0) is 67.3 Å². The van der Waals surface area contributed by atoms with Gasteiger partial charge >= 0.3 is 0 Å². The molecule has 0 spiro atoms. The zero-order valence-electron chi connectivity index (χ0n) is 30.3. The summed E-state index contributed by atoms with van der Waals surface area (Å²) in [4.78, 5) is 5.41. The molecule has 0 amide bonds. The highest BCUT2D eigenvalue weighted by molar-refractivity contribution is 5.91. The number of nitrogens with one attached hydrogen (secondary N) is 1. The third-order valence-electron chi connectivity index (χ3n) is 12.3. The van der Waals surface area contributed by atoms with Crippen molar-refractivity contribution >= 4 is 5.70 Å². The van der Waals surface area contributed by atoms with Crippen molar-refractivity contribution in [3.8, 4) is 11.1 Å². The van der Waals surface area contributed by atoms with Crippen molar-refractivity contribution < 1.29 is 0 Å². The van der Waals surface area contributed by atoms with E-state index in [1.807, 2.05) is 0 Å². The summed E-state index contributed by atoms with van der Waals surface area (Å²) >= 11 is 0. The van der Waals surface area contributed by atoms with E-state index in [1.54, 1.807) is 0 Å². The quantitative estimate of drug-likeness (QED) is 0.190. The summed E-state index contributed by atoms with van der Waals surface area (Å²) in [7, 11) is 0. The largest absolute Gasteiger partial charge is 0.362 e. The fourth-order valence-electron chi connectivity index (χ4n) is 10.2. The lowest BCUT2D eigenvalue weighted by Crippen LogP contribution is -2.46. The van der Waals surface area contributed by atoms with Gasteiger partial charge in [-0.2, -0.15) is 0 Å². The SMILES string of the molecule is C1=CC(C2(c3ccccc3)c3ccccc3C3(c4ccccc4)c4ccccc4-c4cccc2c43)=CC(C2N=c3ccccc3=C(c3ccccc3)N2)C=C1. The van der Waals surface area contributed by atoms with Crippen LogP contribution in [0, 0.1) is 5.92 Å². The molecule has 0 fully saturated rings. The molecule has 4 aliphatic rings. The van der Waals surface area contributed by atoms with E-state index < -0.39 is 10.8 Å². The van der Waals surface area contributed by atoms with Crippen molar-refractivity contribution in [1.29, 1.82) is 0 Å². The van der Waals surface area contributed by atoms with E-state index in [1.165, 1.54) is 55.6 Å². The van der Waals surface area contributed by atoms with Crippen LogP contribution in [0.15, 0.2) is 223 Å². The summed E-state index contributed by atoms with van der Waals surface area (Å²) in [6.45, 7) is 0. The van der Waals surface area contributed by atoms with Crippen molar-refractivity contribution in [2.45, 2.75) is 17.0 Å². The molecule has 7 aromatic rings. The molecule has 55 heavy (non-hydrogen) atoms. The zero-order chi connectivity index (χ0) is 36.4. The van der Waals surface area contributed by atoms with Crippen LogP contribution in [0.1, 0.15) is 44.5 Å². The molecular formula is C53H38N2. The minimum absolute atomic E-state index is 0.0421. The maximum Gasteiger partial charge on any atom is 0.129 e. The second-order valence-corrected chi connectivity index (χ2v) is 15.0. The second kappa shape index (κ2) is 12.4. The van der Waals surface area contributed by atoms with Gasteiger partial charge in [0.15, 0.2) is 0 Å². The molecule has 3 aliphatic carbocycles. The normalized spacial score (nSPS) is 22.5. The first kappa shape index (κ1) is 31.7. The van der Waals surface area contributed by atoms with E-state index in [-0.39, 0.29) is 12.1 Å². The predicted molar refractivity (Wildman–Crippen MR) is 223 cm³/mol. The smallest absolute Gasteiger partial charge is 0.129 e. The van der Waals surface area contributed by atoms with Crippen LogP contribution in [0.5, 0.6) is 0 Å². The first-order valence-corrected chi connectivity index (χ1v) is 19.3. The van der Waals surface area contributed by atoms with Gasteiger partial charge in [0, 0.05) is 11.1 Å². The molecule has 0 saturated heterocycles. The van der Waals surface area contributed by atoms with Crippen LogP contribution in [0.2, 0.25) is 0 Å². The molecule has 4 atom stereocenters. The van der Waals surface area contributed by atoms with Gasteiger partial charge in [-0.1, -0.05) is 206 Å². The van der Waals surface area contributed by atoms with Crippen LogP contribution >= 0.6 is 0 Å². The van der Waals surface area contributed by atoms with Crippen LogP contribution in [-0.4, -0.2) is 6.17 Å². The van der Waals surface area contributed by atoms with Gasteiger partial charge in [-0.3, -0.25) is 4.99 Å². The first-order valence-electron chi connectivity index (χ1n) is 19.3. The summed E-state index contributed by atoms with van der Waals surface area (Å²) in [6, 6.07) is 66.9. The number of nitrogens with zero attached hydrogens (tertiary/aromatic N) is 1. The number of para-hydroxylation sites is 1. The molecule has 11 rings (SSSR count). The number of benzene rings is 7. The monoisotopic (exact) mass is 702 g/mol. The average Bonchev–Trinajstić information content (AvgIpc) is 3.36. The molecular weight excluding hydrogens is 665 g/mol. The van der Waals surface area contributed by atoms with Crippen LogP contribution in [0.3, 0.4) is 0 Å². The summed E-state index contributed by atoms with van der Waals surface area (Å²) in [5, 5.41) is 6.07. The molecule has 2 nitrogen and oxygen atoms in total. The predicted octanol–water partition coefficient (Wildman–Crippen LogP) is 9.77. The third-order valence-corrected chi connectivity index (χ3v) is 12.3. The number of allylic oxidation sites excluding steroid dienone is 4. The van der Waals surface area contributed by atoms with Crippen molar-refractivity contribution in [3.05, 3.63) is 273 Å².